The van der Waals surface area contributed by atoms with Gasteiger partial charge in [-0.15, -0.1) is 11.3 Å². The van der Waals surface area contributed by atoms with Crippen molar-refractivity contribution in [3.63, 3.8) is 0 Å². The lowest BCUT2D eigenvalue weighted by atomic mass is 10.0. The van der Waals surface area contributed by atoms with Crippen molar-refractivity contribution >= 4 is 21.6 Å². The zero-order valence-electron chi connectivity index (χ0n) is 15.9. The molecule has 3 nitrogen and oxygen atoms in total. The van der Waals surface area contributed by atoms with Crippen molar-refractivity contribution in [1.82, 2.24) is 9.55 Å². The number of benzene rings is 2. The second-order valence-corrected chi connectivity index (χ2v) is 7.69. The summed E-state index contributed by atoms with van der Waals surface area (Å²) in [5.74, 6) is 0.522. The van der Waals surface area contributed by atoms with Gasteiger partial charge in [0.1, 0.15) is 17.3 Å². The third-order valence-corrected chi connectivity index (χ3v) is 5.82. The molecule has 0 aliphatic rings. The lowest BCUT2D eigenvalue weighted by Gasteiger charge is -2.12. The molecule has 0 saturated carbocycles. The van der Waals surface area contributed by atoms with Crippen LogP contribution in [0.5, 0.6) is 0 Å². The molecule has 0 N–H and O–H groups in total. The Hall–Kier alpha value is -2.79. The number of thiophene rings is 1. The molecule has 0 fully saturated rings. The van der Waals surface area contributed by atoms with E-state index in [1.807, 2.05) is 48.7 Å². The topological polar surface area (TPSA) is 34.9 Å². The Kier molecular flexibility index (Phi) is 5.09. The van der Waals surface area contributed by atoms with E-state index in [1.54, 1.807) is 0 Å². The van der Waals surface area contributed by atoms with E-state index in [0.29, 0.717) is 16.0 Å². The highest BCUT2D eigenvalue weighted by Gasteiger charge is 2.18. The van der Waals surface area contributed by atoms with E-state index in [9.17, 15) is 9.18 Å². The van der Waals surface area contributed by atoms with Crippen molar-refractivity contribution in [2.75, 3.05) is 6.67 Å². The average Bonchev–Trinajstić information content (AvgIpc) is 3.14. The van der Waals surface area contributed by atoms with Gasteiger partial charge in [0.05, 0.1) is 11.9 Å². The van der Waals surface area contributed by atoms with E-state index in [0.717, 1.165) is 28.7 Å². The molecule has 2 aromatic heterocycles. The number of rotatable bonds is 5. The highest BCUT2D eigenvalue weighted by Crippen LogP contribution is 2.32. The van der Waals surface area contributed by atoms with Crippen molar-refractivity contribution in [1.29, 1.82) is 0 Å². The molecule has 2 aromatic carbocycles. The number of aryl methyl sites for hydroxylation is 2. The van der Waals surface area contributed by atoms with Crippen molar-refractivity contribution in [2.45, 2.75) is 26.8 Å². The minimum Gasteiger partial charge on any atom is -0.289 e. The number of halogens is 1. The Morgan fingerprint density at radius 3 is 2.57 bits per heavy atom. The molecule has 0 radical (unpaired) electrons. The second-order valence-electron chi connectivity index (χ2n) is 6.83. The predicted molar refractivity (Wildman–Crippen MR) is 115 cm³/mol. The molecule has 4 aromatic rings. The lowest BCUT2D eigenvalue weighted by molar-refractivity contribution is 0.441. The van der Waals surface area contributed by atoms with Crippen LogP contribution in [0.15, 0.2) is 58.7 Å². The van der Waals surface area contributed by atoms with Crippen LogP contribution in [0.4, 0.5) is 4.39 Å². The van der Waals surface area contributed by atoms with Gasteiger partial charge < -0.3 is 0 Å². The summed E-state index contributed by atoms with van der Waals surface area (Å²) in [6.07, 6.45) is 0.968. The van der Waals surface area contributed by atoms with Crippen molar-refractivity contribution < 1.29 is 4.39 Å². The van der Waals surface area contributed by atoms with E-state index in [1.165, 1.54) is 21.5 Å². The number of alkyl halides is 1. The van der Waals surface area contributed by atoms with Crippen LogP contribution in [-0.4, -0.2) is 16.2 Å². The molecule has 28 heavy (non-hydrogen) atoms. The van der Waals surface area contributed by atoms with Gasteiger partial charge in [-0.25, -0.2) is 9.37 Å². The molecular weight excluding hydrogens is 371 g/mol. The van der Waals surface area contributed by atoms with E-state index >= 15 is 0 Å². The summed E-state index contributed by atoms with van der Waals surface area (Å²) in [6, 6.07) is 16.0. The Morgan fingerprint density at radius 2 is 1.89 bits per heavy atom. The minimum absolute atomic E-state index is 0.00485. The van der Waals surface area contributed by atoms with Crippen LogP contribution in [0.2, 0.25) is 0 Å². The lowest BCUT2D eigenvalue weighted by Crippen LogP contribution is -2.24. The maximum atomic E-state index is 13.3. The number of fused-ring (bicyclic) bond motifs is 1. The maximum absolute atomic E-state index is 13.3. The van der Waals surface area contributed by atoms with E-state index < -0.39 is 6.67 Å². The van der Waals surface area contributed by atoms with Crippen LogP contribution < -0.4 is 5.56 Å². The molecule has 0 amide bonds. The Morgan fingerprint density at radius 1 is 1.11 bits per heavy atom. The van der Waals surface area contributed by atoms with Gasteiger partial charge >= 0.3 is 0 Å². The van der Waals surface area contributed by atoms with Crippen LogP contribution >= 0.6 is 11.3 Å². The molecule has 0 bridgehead atoms. The molecule has 0 atom stereocenters. The van der Waals surface area contributed by atoms with Crippen LogP contribution in [0.25, 0.3) is 32.7 Å². The fourth-order valence-electron chi connectivity index (χ4n) is 3.45. The molecule has 0 spiro atoms. The SMILES string of the molecule is CCc1ccc(-c2csc3nc(-c4cccc(C)c4)n(CCF)c(=O)c23)cc1. The fraction of sp³-hybridized carbons (Fsp3) is 0.217. The van der Waals surface area contributed by atoms with Gasteiger partial charge in [-0.2, -0.15) is 0 Å². The van der Waals surface area contributed by atoms with Gasteiger partial charge in [0.25, 0.3) is 5.56 Å². The van der Waals surface area contributed by atoms with Crippen LogP contribution in [0.1, 0.15) is 18.1 Å². The third-order valence-electron chi connectivity index (χ3n) is 4.95. The first-order chi connectivity index (χ1) is 13.6. The summed E-state index contributed by atoms with van der Waals surface area (Å²) < 4.78 is 14.7. The van der Waals surface area contributed by atoms with Crippen LogP contribution in [0, 0.1) is 6.92 Å². The smallest absolute Gasteiger partial charge is 0.263 e. The van der Waals surface area contributed by atoms with Crippen molar-refractivity contribution in [2.24, 2.45) is 0 Å². The Bertz CT molecular complexity index is 1190. The molecular formula is C23H21FN2OS. The second kappa shape index (κ2) is 7.68. The van der Waals surface area contributed by atoms with Gasteiger partial charge in [-0.3, -0.25) is 9.36 Å². The highest BCUT2D eigenvalue weighted by molar-refractivity contribution is 7.17. The van der Waals surface area contributed by atoms with Gasteiger partial charge in [-0.05, 0) is 30.5 Å². The molecule has 5 heteroatoms. The first kappa shape index (κ1) is 18.6. The van der Waals surface area contributed by atoms with E-state index in [-0.39, 0.29) is 12.1 Å². The minimum atomic E-state index is -0.615. The zero-order valence-corrected chi connectivity index (χ0v) is 16.7. The van der Waals surface area contributed by atoms with Gasteiger partial charge in [-0.1, -0.05) is 55.0 Å². The molecule has 0 saturated heterocycles. The van der Waals surface area contributed by atoms with Crippen molar-refractivity contribution in [3.8, 4) is 22.5 Å². The van der Waals surface area contributed by atoms with Crippen LogP contribution in [0.3, 0.4) is 0 Å². The summed E-state index contributed by atoms with van der Waals surface area (Å²) in [5, 5.41) is 2.54. The molecule has 0 aliphatic heterocycles. The fourth-order valence-corrected chi connectivity index (χ4v) is 4.39. The highest BCUT2D eigenvalue weighted by atomic mass is 32.1. The van der Waals surface area contributed by atoms with E-state index in [4.69, 9.17) is 4.98 Å². The monoisotopic (exact) mass is 392 g/mol. The standard InChI is InChI=1S/C23H21FN2OS/c1-3-16-7-9-17(10-8-16)19-14-28-22-20(19)23(27)26(12-11-24)21(25-22)18-6-4-5-15(2)13-18/h4-10,13-14H,3,11-12H2,1-2H3. The molecule has 0 aliphatic carbocycles. The quantitative estimate of drug-likeness (QED) is 0.441. The van der Waals surface area contributed by atoms with Crippen LogP contribution in [-0.2, 0) is 13.0 Å². The first-order valence-electron chi connectivity index (χ1n) is 9.36. The van der Waals surface area contributed by atoms with Gasteiger partial charge in [0.2, 0.25) is 0 Å². The first-order valence-corrected chi connectivity index (χ1v) is 10.2. The predicted octanol–water partition coefficient (Wildman–Crippen LogP) is 5.63. The summed E-state index contributed by atoms with van der Waals surface area (Å²) in [5.41, 5.74) is 4.81. The summed E-state index contributed by atoms with van der Waals surface area (Å²) in [6.45, 7) is 3.48. The summed E-state index contributed by atoms with van der Waals surface area (Å²) >= 11 is 1.45. The summed E-state index contributed by atoms with van der Waals surface area (Å²) in [4.78, 5) is 18.8. The number of aromatic nitrogens is 2. The summed E-state index contributed by atoms with van der Waals surface area (Å²) in [7, 11) is 0. The van der Waals surface area contributed by atoms with Gasteiger partial charge in [0, 0.05) is 16.5 Å². The Balaban J connectivity index is 1.95. The third kappa shape index (κ3) is 3.27. The zero-order chi connectivity index (χ0) is 19.7. The Labute approximate surface area is 167 Å². The van der Waals surface area contributed by atoms with Crippen molar-refractivity contribution in [3.05, 3.63) is 75.4 Å². The maximum Gasteiger partial charge on any atom is 0.263 e. The average molecular weight is 392 g/mol. The molecule has 142 valence electrons. The van der Waals surface area contributed by atoms with Gasteiger partial charge in [0.15, 0.2) is 0 Å². The number of hydrogen-bond donors (Lipinski definition) is 0. The number of hydrogen-bond acceptors (Lipinski definition) is 3. The molecule has 2 heterocycles. The normalized spacial score (nSPS) is 11.2. The largest absolute Gasteiger partial charge is 0.289 e. The molecule has 4 rings (SSSR count). The number of nitrogens with zero attached hydrogens (tertiary/aromatic N) is 2. The van der Waals surface area contributed by atoms with E-state index in [2.05, 4.69) is 19.1 Å². The molecule has 0 unspecified atom stereocenters.